The molecule has 5 unspecified atom stereocenters. The lowest BCUT2D eigenvalue weighted by Crippen LogP contribution is -2.49. The first-order chi connectivity index (χ1) is 19.8. The molecule has 5 atom stereocenters. The van der Waals surface area contributed by atoms with Crippen LogP contribution in [-0.4, -0.2) is 93.3 Å². The van der Waals surface area contributed by atoms with E-state index in [1.54, 1.807) is 0 Å². The second kappa shape index (κ2) is 11.2. The van der Waals surface area contributed by atoms with Crippen LogP contribution in [0, 0.1) is 17.8 Å². The van der Waals surface area contributed by atoms with Crippen molar-refractivity contribution in [3.63, 3.8) is 0 Å². The van der Waals surface area contributed by atoms with Crippen molar-refractivity contribution in [2.75, 3.05) is 14.1 Å². The van der Waals surface area contributed by atoms with Gasteiger partial charge in [-0.25, -0.2) is 0 Å². The summed E-state index contributed by atoms with van der Waals surface area (Å²) in [4.78, 5) is 45.5. The third-order valence-electron chi connectivity index (χ3n) is 12.2. The quantitative estimate of drug-likeness (QED) is 0.322. The lowest BCUT2D eigenvalue weighted by molar-refractivity contribution is -0.177. The number of carbonyl (C=O) groups is 3. The minimum Gasteiger partial charge on any atom is -0.462 e. The number of nitrogens with zero attached hydrogens (tertiary/aromatic N) is 2. The van der Waals surface area contributed by atoms with Gasteiger partial charge in [-0.05, 0) is 116 Å². The molecule has 0 aromatic heterocycles. The van der Waals surface area contributed by atoms with E-state index in [2.05, 4.69) is 98.4 Å². The smallest absolute Gasteiger partial charge is 0.311 e. The molecule has 0 aromatic rings. The third-order valence-corrected chi connectivity index (χ3v) is 12.2. The zero-order valence-electron chi connectivity index (χ0n) is 30.1. The van der Waals surface area contributed by atoms with Crippen LogP contribution >= 0.6 is 0 Å². The van der Waals surface area contributed by atoms with Gasteiger partial charge in [0.1, 0.15) is 18.3 Å². The highest BCUT2D eigenvalue weighted by atomic mass is 16.6. The summed E-state index contributed by atoms with van der Waals surface area (Å²) in [6.45, 7) is 25.2. The molecule has 0 spiro atoms. The number of nitrogens with one attached hydrogen (secondary N) is 1. The van der Waals surface area contributed by atoms with Gasteiger partial charge in [-0.15, -0.1) is 0 Å². The third kappa shape index (κ3) is 6.57. The fraction of sp³-hybridized carbons (Fsp3) is 0.914. The summed E-state index contributed by atoms with van der Waals surface area (Å²) in [6, 6.07) is 0. The zero-order chi connectivity index (χ0) is 33.4. The van der Waals surface area contributed by atoms with Crippen molar-refractivity contribution >= 4 is 17.9 Å². The summed E-state index contributed by atoms with van der Waals surface area (Å²) < 4.78 is 18.6. The largest absolute Gasteiger partial charge is 0.462 e. The first kappa shape index (κ1) is 35.1. The molecular weight excluding hydrogens is 558 g/mol. The van der Waals surface area contributed by atoms with E-state index in [0.717, 1.165) is 0 Å². The minimum absolute atomic E-state index is 0.138. The zero-order valence-corrected chi connectivity index (χ0v) is 30.1. The molecule has 0 radical (unpaired) electrons. The fourth-order valence-electron chi connectivity index (χ4n) is 8.89. The van der Waals surface area contributed by atoms with Crippen LogP contribution in [0.4, 0.5) is 0 Å². The highest BCUT2D eigenvalue weighted by molar-refractivity contribution is 5.76. The maximum Gasteiger partial charge on any atom is 0.311 e. The Hall–Kier alpha value is -1.71. The molecule has 9 heteroatoms. The van der Waals surface area contributed by atoms with Gasteiger partial charge in [0.2, 0.25) is 0 Å². The van der Waals surface area contributed by atoms with Crippen LogP contribution in [0.5, 0.6) is 0 Å². The van der Waals surface area contributed by atoms with E-state index in [4.69, 9.17) is 14.2 Å². The Balaban J connectivity index is 1.52. The van der Waals surface area contributed by atoms with Crippen LogP contribution in [0.2, 0.25) is 0 Å². The summed E-state index contributed by atoms with van der Waals surface area (Å²) in [5.74, 6) is -1.63. The predicted octanol–water partition coefficient (Wildman–Crippen LogP) is 5.09. The molecule has 9 nitrogen and oxygen atoms in total. The molecule has 1 N–H and O–H groups in total. The van der Waals surface area contributed by atoms with Gasteiger partial charge < -0.3 is 19.5 Å². The molecule has 4 rings (SSSR count). The number of hydrogen-bond donors (Lipinski definition) is 1. The van der Waals surface area contributed by atoms with Gasteiger partial charge in [-0.1, -0.05) is 0 Å². The van der Waals surface area contributed by atoms with Gasteiger partial charge in [0.25, 0.3) is 0 Å². The Bertz CT molecular complexity index is 1080. The molecule has 1 saturated carbocycles. The van der Waals surface area contributed by atoms with Crippen molar-refractivity contribution in [2.45, 2.75) is 173 Å². The summed E-state index contributed by atoms with van der Waals surface area (Å²) in [6.07, 6.45) is 1.70. The topological polar surface area (TPSA) is 97.4 Å². The van der Waals surface area contributed by atoms with Gasteiger partial charge in [-0.3, -0.25) is 24.2 Å². The number of rotatable bonds is 6. The fourth-order valence-corrected chi connectivity index (χ4v) is 8.89. The van der Waals surface area contributed by atoms with E-state index in [9.17, 15) is 14.4 Å². The van der Waals surface area contributed by atoms with E-state index < -0.39 is 23.9 Å². The Morgan fingerprint density at radius 2 is 0.864 bits per heavy atom. The molecule has 3 heterocycles. The standard InChI is InChI=1S/C35H61N3O6/c1-30(2)18-24(33(7,8)36-30)27(39)42-21-15-22(43-28(40)25-19-31(3,4)37(13)34(25,9)10)17-23(16-21)44-29(41)26-20-32(5,6)38(14)35(26,11)12/h21-26,36H,15-20H2,1-14H3. The highest BCUT2D eigenvalue weighted by Crippen LogP contribution is 2.46. The molecule has 3 saturated heterocycles. The maximum absolute atomic E-state index is 13.7. The molecular formula is C35H61N3O6. The average molecular weight is 620 g/mol. The Morgan fingerprint density at radius 3 is 1.11 bits per heavy atom. The van der Waals surface area contributed by atoms with Crippen molar-refractivity contribution < 1.29 is 28.6 Å². The first-order valence-electron chi connectivity index (χ1n) is 16.7. The monoisotopic (exact) mass is 619 g/mol. The first-order valence-corrected chi connectivity index (χ1v) is 16.7. The molecule has 0 bridgehead atoms. The number of carbonyl (C=O) groups excluding carboxylic acids is 3. The van der Waals surface area contributed by atoms with Crippen LogP contribution in [-0.2, 0) is 28.6 Å². The van der Waals surface area contributed by atoms with Crippen molar-refractivity contribution in [2.24, 2.45) is 17.8 Å². The second-order valence-electron chi connectivity index (χ2n) is 17.9. The number of esters is 3. The van der Waals surface area contributed by atoms with Crippen LogP contribution < -0.4 is 5.32 Å². The van der Waals surface area contributed by atoms with Crippen LogP contribution in [0.25, 0.3) is 0 Å². The molecule has 0 amide bonds. The number of hydrogen-bond acceptors (Lipinski definition) is 9. The van der Waals surface area contributed by atoms with Crippen molar-refractivity contribution in [1.29, 1.82) is 0 Å². The molecule has 3 aliphatic heterocycles. The minimum atomic E-state index is -0.516. The SMILES string of the molecule is CN1C(C)(C)CC(C(=O)OC2CC(OC(=O)C3CC(C)(C)NC3(C)C)CC(OC(=O)C3CC(C)(C)N(C)C3(C)C)C2)C1(C)C. The summed E-state index contributed by atoms with van der Waals surface area (Å²) in [7, 11) is 4.12. The van der Waals surface area contributed by atoms with Crippen molar-refractivity contribution in [3.8, 4) is 0 Å². The second-order valence-corrected chi connectivity index (χ2v) is 17.9. The van der Waals surface area contributed by atoms with Gasteiger partial charge in [0, 0.05) is 52.5 Å². The Kier molecular flexibility index (Phi) is 8.96. The summed E-state index contributed by atoms with van der Waals surface area (Å²) in [5, 5.41) is 3.56. The Labute approximate surface area is 266 Å². The average Bonchev–Trinajstić information content (AvgIpc) is 3.27. The van der Waals surface area contributed by atoms with E-state index in [-0.39, 0.29) is 63.4 Å². The lowest BCUT2D eigenvalue weighted by Gasteiger charge is -2.39. The number of likely N-dealkylation sites (tertiary alicyclic amines) is 2. The van der Waals surface area contributed by atoms with E-state index in [1.807, 2.05) is 13.8 Å². The van der Waals surface area contributed by atoms with E-state index >= 15 is 0 Å². The molecule has 44 heavy (non-hydrogen) atoms. The molecule has 252 valence electrons. The van der Waals surface area contributed by atoms with Gasteiger partial charge in [0.15, 0.2) is 0 Å². The van der Waals surface area contributed by atoms with Gasteiger partial charge in [-0.2, -0.15) is 0 Å². The number of ether oxygens (including phenoxy) is 3. The summed E-state index contributed by atoms with van der Waals surface area (Å²) in [5.41, 5.74) is -1.60. The van der Waals surface area contributed by atoms with Crippen LogP contribution in [0.3, 0.4) is 0 Å². The van der Waals surface area contributed by atoms with E-state index in [0.29, 0.717) is 38.5 Å². The van der Waals surface area contributed by atoms with Crippen LogP contribution in [0.15, 0.2) is 0 Å². The molecule has 4 fully saturated rings. The molecule has 4 aliphatic rings. The van der Waals surface area contributed by atoms with Gasteiger partial charge >= 0.3 is 17.9 Å². The normalized spacial score (nSPS) is 37.0. The van der Waals surface area contributed by atoms with Crippen LogP contribution in [0.1, 0.15) is 122 Å². The summed E-state index contributed by atoms with van der Waals surface area (Å²) >= 11 is 0. The molecule has 0 aromatic carbocycles. The van der Waals surface area contributed by atoms with Crippen molar-refractivity contribution in [1.82, 2.24) is 15.1 Å². The van der Waals surface area contributed by atoms with Crippen molar-refractivity contribution in [3.05, 3.63) is 0 Å². The maximum atomic E-state index is 13.7. The highest BCUT2D eigenvalue weighted by Gasteiger charge is 2.55. The van der Waals surface area contributed by atoms with Gasteiger partial charge in [0.05, 0.1) is 17.8 Å². The molecule has 1 aliphatic carbocycles. The van der Waals surface area contributed by atoms with E-state index in [1.165, 1.54) is 0 Å². The predicted molar refractivity (Wildman–Crippen MR) is 171 cm³/mol. The lowest BCUT2D eigenvalue weighted by atomic mass is 9.85. The Morgan fingerprint density at radius 1 is 0.545 bits per heavy atom.